The van der Waals surface area contributed by atoms with E-state index in [-0.39, 0.29) is 13.2 Å². The van der Waals surface area contributed by atoms with E-state index in [2.05, 4.69) is 9.84 Å². The lowest BCUT2D eigenvalue weighted by Crippen LogP contribution is -2.09. The van der Waals surface area contributed by atoms with Crippen molar-refractivity contribution in [1.82, 2.24) is 9.78 Å². The molecule has 1 rings (SSSR count). The summed E-state index contributed by atoms with van der Waals surface area (Å²) in [5.74, 6) is 0. The van der Waals surface area contributed by atoms with Crippen LogP contribution in [0.3, 0.4) is 0 Å². The first kappa shape index (κ1) is 9.91. The molecule has 0 aromatic carbocycles. The molecule has 0 aliphatic rings. The fraction of sp³-hybridized carbons (Fsp3) is 0.571. The number of nitrogens with zero attached hydrogens (tertiary/aromatic N) is 2. The van der Waals surface area contributed by atoms with Crippen LogP contribution in [0, 0.1) is 6.92 Å². The number of hydrogen-bond acceptors (Lipinski definition) is 3. The molecular formula is C7H11F2N3O. The van der Waals surface area contributed by atoms with Crippen LogP contribution >= 0.6 is 0 Å². The maximum absolute atomic E-state index is 11.5. The molecule has 0 amide bonds. The van der Waals surface area contributed by atoms with Gasteiger partial charge in [-0.1, -0.05) is 0 Å². The van der Waals surface area contributed by atoms with Gasteiger partial charge in [0.25, 0.3) is 0 Å². The van der Waals surface area contributed by atoms with E-state index < -0.39 is 6.61 Å². The third-order valence-electron chi connectivity index (χ3n) is 1.55. The van der Waals surface area contributed by atoms with E-state index in [0.717, 1.165) is 0 Å². The maximum atomic E-state index is 11.5. The summed E-state index contributed by atoms with van der Waals surface area (Å²) in [4.78, 5) is 0. The Morgan fingerprint density at radius 3 is 2.85 bits per heavy atom. The summed E-state index contributed by atoms with van der Waals surface area (Å²) in [6.07, 6.45) is 1.59. The molecular weight excluding hydrogens is 180 g/mol. The number of hydrogen-bond donors (Lipinski definition) is 1. The van der Waals surface area contributed by atoms with Crippen LogP contribution in [0.1, 0.15) is 5.69 Å². The smallest absolute Gasteiger partial charge is 0.345 e. The summed E-state index contributed by atoms with van der Waals surface area (Å²) < 4.78 is 28.6. The molecule has 13 heavy (non-hydrogen) atoms. The minimum Gasteiger partial charge on any atom is -0.396 e. The molecule has 1 aromatic heterocycles. The minimum atomic E-state index is -2.73. The van der Waals surface area contributed by atoms with Gasteiger partial charge in [-0.15, -0.1) is 0 Å². The van der Waals surface area contributed by atoms with Gasteiger partial charge in [0.2, 0.25) is 0 Å². The first-order chi connectivity index (χ1) is 6.09. The van der Waals surface area contributed by atoms with Crippen LogP contribution in [-0.2, 0) is 11.3 Å². The Labute approximate surface area is 74.3 Å². The molecule has 74 valence electrons. The molecule has 0 saturated heterocycles. The molecule has 1 aromatic rings. The van der Waals surface area contributed by atoms with Gasteiger partial charge in [0.15, 0.2) is 0 Å². The minimum absolute atomic E-state index is 0.0712. The molecule has 0 unspecified atom stereocenters. The van der Waals surface area contributed by atoms with Gasteiger partial charge in [-0.2, -0.15) is 13.9 Å². The number of alkyl halides is 2. The Hall–Kier alpha value is -1.17. The van der Waals surface area contributed by atoms with Crippen molar-refractivity contribution in [3.63, 3.8) is 0 Å². The number of anilines is 1. The highest BCUT2D eigenvalue weighted by molar-refractivity contribution is 5.39. The second kappa shape index (κ2) is 4.18. The Kier molecular flexibility index (Phi) is 3.18. The number of aromatic nitrogens is 2. The molecule has 0 spiro atoms. The molecule has 0 aliphatic carbocycles. The number of ether oxygens (including phenoxy) is 1. The van der Waals surface area contributed by atoms with Crippen LogP contribution < -0.4 is 5.73 Å². The monoisotopic (exact) mass is 191 g/mol. The normalized spacial score (nSPS) is 11.1. The predicted molar refractivity (Wildman–Crippen MR) is 43.3 cm³/mol. The summed E-state index contributed by atoms with van der Waals surface area (Å²) in [5.41, 5.74) is 6.74. The van der Waals surface area contributed by atoms with Gasteiger partial charge in [-0.05, 0) is 6.92 Å². The fourth-order valence-electron chi connectivity index (χ4n) is 0.883. The Morgan fingerprint density at radius 2 is 2.38 bits per heavy atom. The summed E-state index contributed by atoms with van der Waals surface area (Å²) in [6, 6.07) is 0. The summed E-state index contributed by atoms with van der Waals surface area (Å²) in [5, 5.41) is 3.97. The van der Waals surface area contributed by atoms with E-state index in [9.17, 15) is 8.78 Å². The molecule has 0 aliphatic heterocycles. The van der Waals surface area contributed by atoms with Crippen LogP contribution in [0.2, 0.25) is 0 Å². The number of aryl methyl sites for hydroxylation is 1. The zero-order valence-electron chi connectivity index (χ0n) is 7.20. The van der Waals surface area contributed by atoms with Gasteiger partial charge >= 0.3 is 6.61 Å². The van der Waals surface area contributed by atoms with Crippen LogP contribution in [-0.4, -0.2) is 23.0 Å². The van der Waals surface area contributed by atoms with Gasteiger partial charge in [-0.3, -0.25) is 4.68 Å². The second-order valence-electron chi connectivity index (χ2n) is 2.56. The Morgan fingerprint density at radius 1 is 1.69 bits per heavy atom. The van der Waals surface area contributed by atoms with Crippen LogP contribution in [0.15, 0.2) is 6.20 Å². The number of halogens is 2. The number of rotatable bonds is 4. The lowest BCUT2D eigenvalue weighted by molar-refractivity contribution is -0.130. The van der Waals surface area contributed by atoms with Crippen molar-refractivity contribution >= 4 is 5.69 Å². The van der Waals surface area contributed by atoms with E-state index in [1.54, 1.807) is 13.1 Å². The molecule has 0 radical (unpaired) electrons. The van der Waals surface area contributed by atoms with Crippen LogP contribution in [0.4, 0.5) is 14.5 Å². The maximum Gasteiger partial charge on any atom is 0.345 e. The van der Waals surface area contributed by atoms with E-state index in [1.165, 1.54) is 4.68 Å². The summed E-state index contributed by atoms with van der Waals surface area (Å²) >= 11 is 0. The highest BCUT2D eigenvalue weighted by Gasteiger charge is 2.03. The van der Waals surface area contributed by atoms with Crippen LogP contribution in [0.25, 0.3) is 0 Å². The highest BCUT2D eigenvalue weighted by atomic mass is 19.3. The van der Waals surface area contributed by atoms with E-state index in [0.29, 0.717) is 11.4 Å². The lowest BCUT2D eigenvalue weighted by Gasteiger charge is -2.01. The zero-order chi connectivity index (χ0) is 9.84. The van der Waals surface area contributed by atoms with E-state index >= 15 is 0 Å². The fourth-order valence-corrected chi connectivity index (χ4v) is 0.883. The third kappa shape index (κ3) is 2.98. The van der Waals surface area contributed by atoms with Crippen molar-refractivity contribution in [2.24, 2.45) is 0 Å². The summed E-state index contributed by atoms with van der Waals surface area (Å²) in [7, 11) is 0. The van der Waals surface area contributed by atoms with Crippen molar-refractivity contribution < 1.29 is 13.5 Å². The average molecular weight is 191 g/mol. The van der Waals surface area contributed by atoms with Gasteiger partial charge in [-0.25, -0.2) is 0 Å². The molecule has 2 N–H and O–H groups in total. The van der Waals surface area contributed by atoms with Crippen molar-refractivity contribution in [3.05, 3.63) is 11.9 Å². The molecule has 0 atom stereocenters. The van der Waals surface area contributed by atoms with E-state index in [1.807, 2.05) is 0 Å². The lowest BCUT2D eigenvalue weighted by atomic mass is 10.4. The van der Waals surface area contributed by atoms with Gasteiger partial charge in [0, 0.05) is 6.20 Å². The SMILES string of the molecule is Cc1nn(CCOC(F)F)cc1N. The average Bonchev–Trinajstić information content (AvgIpc) is 2.30. The molecule has 0 saturated carbocycles. The largest absolute Gasteiger partial charge is 0.396 e. The predicted octanol–water partition coefficient (Wildman–Crippen LogP) is 1.01. The van der Waals surface area contributed by atoms with Crippen molar-refractivity contribution in [1.29, 1.82) is 0 Å². The molecule has 6 heteroatoms. The quantitative estimate of drug-likeness (QED) is 0.772. The summed E-state index contributed by atoms with van der Waals surface area (Å²) in [6.45, 7) is -0.769. The number of nitrogens with two attached hydrogens (primary N) is 1. The van der Waals surface area contributed by atoms with Gasteiger partial charge < -0.3 is 10.5 Å². The van der Waals surface area contributed by atoms with Gasteiger partial charge in [0.05, 0.1) is 24.5 Å². The molecule has 0 fully saturated rings. The first-order valence-corrected chi connectivity index (χ1v) is 3.79. The molecule has 4 nitrogen and oxygen atoms in total. The van der Waals surface area contributed by atoms with Crippen molar-refractivity contribution in [2.45, 2.75) is 20.1 Å². The van der Waals surface area contributed by atoms with Crippen molar-refractivity contribution in [3.8, 4) is 0 Å². The van der Waals surface area contributed by atoms with E-state index in [4.69, 9.17) is 5.73 Å². The first-order valence-electron chi connectivity index (χ1n) is 3.79. The standard InChI is InChI=1S/C7H11F2N3O/c1-5-6(10)4-12(11-5)2-3-13-7(8)9/h4,7H,2-3,10H2,1H3. The zero-order valence-corrected chi connectivity index (χ0v) is 7.20. The Bertz CT molecular complexity index is 255. The molecule has 0 bridgehead atoms. The second-order valence-corrected chi connectivity index (χ2v) is 2.56. The topological polar surface area (TPSA) is 53.1 Å². The third-order valence-corrected chi connectivity index (χ3v) is 1.55. The van der Waals surface area contributed by atoms with Gasteiger partial charge in [0.1, 0.15) is 0 Å². The molecule has 1 heterocycles. The van der Waals surface area contributed by atoms with Crippen LogP contribution in [0.5, 0.6) is 0 Å². The Balaban J connectivity index is 2.37. The highest BCUT2D eigenvalue weighted by Crippen LogP contribution is 2.06. The number of nitrogen functional groups attached to an aromatic ring is 1. The van der Waals surface area contributed by atoms with Crippen molar-refractivity contribution in [2.75, 3.05) is 12.3 Å².